The number of hydrogen-bond donors (Lipinski definition) is 0. The number of aryl methyl sites for hydroxylation is 1. The molecule has 3 heterocycles. The van der Waals surface area contributed by atoms with Crippen LogP contribution in [0.5, 0.6) is 0 Å². The minimum Gasteiger partial charge on any atom is -0.308 e. The van der Waals surface area contributed by atoms with Crippen molar-refractivity contribution in [3.63, 3.8) is 0 Å². The minimum atomic E-state index is -0.00969. The number of anilines is 1. The molecule has 0 saturated heterocycles. The van der Waals surface area contributed by atoms with Crippen LogP contribution >= 0.6 is 23.1 Å². The topological polar surface area (TPSA) is 46.1 Å². The fourth-order valence-corrected chi connectivity index (χ4v) is 4.42. The van der Waals surface area contributed by atoms with Gasteiger partial charge in [-0.1, -0.05) is 24.3 Å². The number of para-hydroxylation sites is 1. The molecule has 0 atom stereocenters. The third-order valence-electron chi connectivity index (χ3n) is 4.34. The Bertz CT molecular complexity index is 938. The molecule has 4 nitrogen and oxygen atoms in total. The normalized spacial score (nSPS) is 13.1. The van der Waals surface area contributed by atoms with Crippen LogP contribution in [0.3, 0.4) is 0 Å². The van der Waals surface area contributed by atoms with E-state index in [2.05, 4.69) is 16.0 Å². The minimum absolute atomic E-state index is 0.00969. The number of thiophene rings is 1. The lowest BCUT2D eigenvalue weighted by atomic mass is 10.1. The molecule has 0 saturated carbocycles. The number of carbonyl (C=O) groups excluding carboxylic acids is 1. The number of benzene rings is 1. The second-order valence-electron chi connectivity index (χ2n) is 5.83. The Morgan fingerprint density at radius 1 is 1.20 bits per heavy atom. The fourth-order valence-electron chi connectivity index (χ4n) is 3.14. The van der Waals surface area contributed by atoms with E-state index < -0.39 is 0 Å². The van der Waals surface area contributed by atoms with Crippen LogP contribution in [-0.2, 0) is 6.42 Å². The highest BCUT2D eigenvalue weighted by Crippen LogP contribution is 2.32. The summed E-state index contributed by atoms with van der Waals surface area (Å²) in [6.45, 7) is 2.60. The van der Waals surface area contributed by atoms with Crippen LogP contribution in [0.1, 0.15) is 21.6 Å². The molecule has 6 heteroatoms. The summed E-state index contributed by atoms with van der Waals surface area (Å²) in [4.78, 5) is 25.4. The van der Waals surface area contributed by atoms with Gasteiger partial charge in [-0.25, -0.2) is 9.97 Å². The SMILES string of the molecule is CSc1nc(-c2cccs2)nc(C)c1C(=O)N1CCc2ccccc21. The van der Waals surface area contributed by atoms with Gasteiger partial charge in [-0.3, -0.25) is 4.79 Å². The maximum atomic E-state index is 13.2. The molecule has 1 aliphatic heterocycles. The average molecular weight is 367 g/mol. The van der Waals surface area contributed by atoms with Crippen molar-refractivity contribution in [1.29, 1.82) is 0 Å². The molecule has 3 aromatic rings. The second-order valence-corrected chi connectivity index (χ2v) is 7.57. The molecule has 1 aliphatic rings. The van der Waals surface area contributed by atoms with Crippen LogP contribution in [-0.4, -0.2) is 28.7 Å². The van der Waals surface area contributed by atoms with E-state index in [1.165, 1.54) is 17.3 Å². The van der Waals surface area contributed by atoms with E-state index in [1.54, 1.807) is 11.3 Å². The third-order valence-corrected chi connectivity index (χ3v) is 5.89. The highest BCUT2D eigenvalue weighted by molar-refractivity contribution is 7.98. The number of carbonyl (C=O) groups is 1. The van der Waals surface area contributed by atoms with Crippen LogP contribution in [0.2, 0.25) is 0 Å². The second kappa shape index (κ2) is 6.61. The Hall–Kier alpha value is -2.18. The zero-order chi connectivity index (χ0) is 17.4. The number of nitrogens with zero attached hydrogens (tertiary/aromatic N) is 3. The average Bonchev–Trinajstić information content (AvgIpc) is 3.30. The molecule has 0 radical (unpaired) electrons. The van der Waals surface area contributed by atoms with Gasteiger partial charge < -0.3 is 4.90 Å². The van der Waals surface area contributed by atoms with Gasteiger partial charge in [0.1, 0.15) is 5.03 Å². The third kappa shape index (κ3) is 2.85. The van der Waals surface area contributed by atoms with Gasteiger partial charge in [0.25, 0.3) is 5.91 Å². The zero-order valence-corrected chi connectivity index (χ0v) is 15.7. The fraction of sp³-hybridized carbons (Fsp3) is 0.211. The van der Waals surface area contributed by atoms with Gasteiger partial charge >= 0.3 is 0 Å². The summed E-state index contributed by atoms with van der Waals surface area (Å²) in [7, 11) is 0. The quantitative estimate of drug-likeness (QED) is 0.507. The lowest BCUT2D eigenvalue weighted by Gasteiger charge is -2.20. The number of fused-ring (bicyclic) bond motifs is 1. The molecule has 1 aromatic carbocycles. The van der Waals surface area contributed by atoms with Gasteiger partial charge in [0.2, 0.25) is 0 Å². The molecular formula is C19H17N3OS2. The molecular weight excluding hydrogens is 350 g/mol. The maximum Gasteiger partial charge on any atom is 0.262 e. The van der Waals surface area contributed by atoms with E-state index >= 15 is 0 Å². The summed E-state index contributed by atoms with van der Waals surface area (Å²) in [6, 6.07) is 12.1. The van der Waals surface area contributed by atoms with Gasteiger partial charge in [0.15, 0.2) is 5.82 Å². The Morgan fingerprint density at radius 3 is 2.80 bits per heavy atom. The predicted octanol–water partition coefficient (Wildman–Crippen LogP) is 4.44. The Morgan fingerprint density at radius 2 is 2.04 bits per heavy atom. The van der Waals surface area contributed by atoms with Gasteiger partial charge in [-0.15, -0.1) is 23.1 Å². The van der Waals surface area contributed by atoms with E-state index in [-0.39, 0.29) is 5.91 Å². The first-order chi connectivity index (χ1) is 12.2. The standard InChI is InChI=1S/C19H17N3OS2/c1-12-16(18(24-2)21-17(20-12)15-8-5-11-25-15)19(23)22-10-9-13-6-3-4-7-14(13)22/h3-8,11H,9-10H2,1-2H3. The Labute approximate surface area is 154 Å². The zero-order valence-electron chi connectivity index (χ0n) is 14.0. The predicted molar refractivity (Wildman–Crippen MR) is 104 cm³/mol. The number of rotatable bonds is 3. The van der Waals surface area contributed by atoms with Crippen LogP contribution in [0.4, 0.5) is 5.69 Å². The van der Waals surface area contributed by atoms with Gasteiger partial charge in [-0.05, 0) is 42.7 Å². The van der Waals surface area contributed by atoms with Crippen molar-refractivity contribution in [3.05, 3.63) is 58.6 Å². The van der Waals surface area contributed by atoms with Gasteiger partial charge in [0.05, 0.1) is 16.1 Å². The van der Waals surface area contributed by atoms with Crippen LogP contribution < -0.4 is 4.90 Å². The molecule has 0 bridgehead atoms. The van der Waals surface area contributed by atoms with E-state index in [0.29, 0.717) is 17.9 Å². The van der Waals surface area contributed by atoms with Crippen molar-refractivity contribution in [2.75, 3.05) is 17.7 Å². The summed E-state index contributed by atoms with van der Waals surface area (Å²) in [5.74, 6) is 0.680. The summed E-state index contributed by atoms with van der Waals surface area (Å²) in [6.07, 6.45) is 2.85. The Balaban J connectivity index is 1.77. The molecule has 0 spiro atoms. The number of hydrogen-bond acceptors (Lipinski definition) is 5. The molecule has 0 unspecified atom stereocenters. The first kappa shape index (κ1) is 16.3. The summed E-state index contributed by atoms with van der Waals surface area (Å²) in [5, 5.41) is 2.75. The molecule has 25 heavy (non-hydrogen) atoms. The Kier molecular flexibility index (Phi) is 4.31. The van der Waals surface area contributed by atoms with Crippen LogP contribution in [0.25, 0.3) is 10.7 Å². The lowest BCUT2D eigenvalue weighted by Crippen LogP contribution is -2.30. The largest absolute Gasteiger partial charge is 0.308 e. The molecule has 4 rings (SSSR count). The van der Waals surface area contributed by atoms with E-state index in [4.69, 9.17) is 0 Å². The lowest BCUT2D eigenvalue weighted by molar-refractivity contribution is 0.0985. The van der Waals surface area contributed by atoms with E-state index in [1.807, 2.05) is 53.8 Å². The highest BCUT2D eigenvalue weighted by Gasteiger charge is 2.29. The van der Waals surface area contributed by atoms with Crippen molar-refractivity contribution in [1.82, 2.24) is 9.97 Å². The molecule has 0 aliphatic carbocycles. The first-order valence-electron chi connectivity index (χ1n) is 8.05. The molecule has 0 fully saturated rings. The first-order valence-corrected chi connectivity index (χ1v) is 10.2. The molecule has 1 amide bonds. The summed E-state index contributed by atoms with van der Waals surface area (Å²) in [5.41, 5.74) is 3.57. The number of aromatic nitrogens is 2. The summed E-state index contributed by atoms with van der Waals surface area (Å²) >= 11 is 3.10. The smallest absolute Gasteiger partial charge is 0.262 e. The molecule has 0 N–H and O–H groups in total. The number of thioether (sulfide) groups is 1. The monoisotopic (exact) mass is 367 g/mol. The van der Waals surface area contributed by atoms with Crippen LogP contribution in [0.15, 0.2) is 46.8 Å². The van der Waals surface area contributed by atoms with Crippen molar-refractivity contribution in [2.24, 2.45) is 0 Å². The van der Waals surface area contributed by atoms with Gasteiger partial charge in [0, 0.05) is 12.2 Å². The summed E-state index contributed by atoms with van der Waals surface area (Å²) < 4.78 is 0. The van der Waals surface area contributed by atoms with Crippen molar-refractivity contribution >= 4 is 34.7 Å². The maximum absolute atomic E-state index is 13.2. The molecule has 126 valence electrons. The van der Waals surface area contributed by atoms with Crippen molar-refractivity contribution in [2.45, 2.75) is 18.4 Å². The number of amides is 1. The van der Waals surface area contributed by atoms with Crippen molar-refractivity contribution < 1.29 is 4.79 Å². The molecule has 2 aromatic heterocycles. The van der Waals surface area contributed by atoms with Crippen molar-refractivity contribution in [3.8, 4) is 10.7 Å². The van der Waals surface area contributed by atoms with E-state index in [0.717, 1.165) is 27.7 Å². The van der Waals surface area contributed by atoms with Crippen LogP contribution in [0, 0.1) is 6.92 Å². The highest BCUT2D eigenvalue weighted by atomic mass is 32.2. The van der Waals surface area contributed by atoms with E-state index in [9.17, 15) is 4.79 Å². The van der Waals surface area contributed by atoms with Gasteiger partial charge in [-0.2, -0.15) is 0 Å².